The highest BCUT2D eigenvalue weighted by molar-refractivity contribution is 9.10. The number of thiophene rings is 1. The molecule has 0 aliphatic carbocycles. The standard InChI is InChI=1S/C12H9BrCl2S/c13-10-4-9(5-11(14)6-10)12(15)3-8-1-2-16-7-8/h1-2,4-7,12H,3H2. The third-order valence-electron chi connectivity index (χ3n) is 2.24. The summed E-state index contributed by atoms with van der Waals surface area (Å²) >= 11 is 17.5. The third-order valence-corrected chi connectivity index (χ3v) is 4.06. The van der Waals surface area contributed by atoms with Gasteiger partial charge in [-0.15, -0.1) is 11.6 Å². The van der Waals surface area contributed by atoms with E-state index in [-0.39, 0.29) is 5.38 Å². The zero-order valence-electron chi connectivity index (χ0n) is 8.29. The van der Waals surface area contributed by atoms with Crippen LogP contribution in [0.25, 0.3) is 0 Å². The first-order valence-corrected chi connectivity index (χ1v) is 7.31. The third kappa shape index (κ3) is 3.24. The van der Waals surface area contributed by atoms with E-state index >= 15 is 0 Å². The Morgan fingerprint density at radius 3 is 2.75 bits per heavy atom. The SMILES string of the molecule is Clc1cc(Br)cc(C(Cl)Cc2ccsc2)c1. The summed E-state index contributed by atoms with van der Waals surface area (Å²) in [5.74, 6) is 0. The van der Waals surface area contributed by atoms with E-state index in [0.717, 1.165) is 16.5 Å². The summed E-state index contributed by atoms with van der Waals surface area (Å²) in [5, 5.41) is 4.85. The monoisotopic (exact) mass is 334 g/mol. The molecular formula is C12H9BrCl2S. The maximum absolute atomic E-state index is 6.37. The van der Waals surface area contributed by atoms with Crippen molar-refractivity contribution in [1.82, 2.24) is 0 Å². The molecule has 1 heterocycles. The summed E-state index contributed by atoms with van der Waals surface area (Å²) < 4.78 is 0.964. The predicted molar refractivity (Wildman–Crippen MR) is 75.8 cm³/mol. The van der Waals surface area contributed by atoms with Crippen LogP contribution in [0, 0.1) is 0 Å². The van der Waals surface area contributed by atoms with E-state index in [2.05, 4.69) is 32.8 Å². The van der Waals surface area contributed by atoms with E-state index in [1.54, 1.807) is 11.3 Å². The van der Waals surface area contributed by atoms with Gasteiger partial charge in [0.15, 0.2) is 0 Å². The molecule has 4 heteroatoms. The van der Waals surface area contributed by atoms with Gasteiger partial charge in [0.1, 0.15) is 0 Å². The molecule has 2 aromatic rings. The van der Waals surface area contributed by atoms with Crippen molar-refractivity contribution in [2.24, 2.45) is 0 Å². The average Bonchev–Trinajstić information content (AvgIpc) is 2.68. The molecule has 1 unspecified atom stereocenters. The van der Waals surface area contributed by atoms with Crippen molar-refractivity contribution in [1.29, 1.82) is 0 Å². The Balaban J connectivity index is 2.17. The second-order valence-electron chi connectivity index (χ2n) is 3.51. The summed E-state index contributed by atoms with van der Waals surface area (Å²) in [6.45, 7) is 0. The predicted octanol–water partition coefficient (Wildman–Crippen LogP) is 5.69. The molecule has 0 nitrogen and oxygen atoms in total. The molecule has 0 bridgehead atoms. The highest BCUT2D eigenvalue weighted by Crippen LogP contribution is 2.30. The first-order valence-electron chi connectivity index (χ1n) is 4.76. The number of benzene rings is 1. The Morgan fingerprint density at radius 1 is 1.31 bits per heavy atom. The molecule has 0 radical (unpaired) electrons. The van der Waals surface area contributed by atoms with Gasteiger partial charge in [0.2, 0.25) is 0 Å². The molecule has 0 N–H and O–H groups in total. The Hall–Kier alpha value is -0.0200. The van der Waals surface area contributed by atoms with Gasteiger partial charge in [-0.05, 0) is 52.6 Å². The van der Waals surface area contributed by atoms with Gasteiger partial charge in [-0.1, -0.05) is 27.5 Å². The molecule has 0 aliphatic heterocycles. The van der Waals surface area contributed by atoms with Crippen LogP contribution in [0.4, 0.5) is 0 Å². The van der Waals surface area contributed by atoms with Gasteiger partial charge in [0.05, 0.1) is 5.38 Å². The van der Waals surface area contributed by atoms with E-state index in [1.165, 1.54) is 5.56 Å². The summed E-state index contributed by atoms with van der Waals surface area (Å²) in [6.07, 6.45) is 0.831. The van der Waals surface area contributed by atoms with Crippen LogP contribution in [0.2, 0.25) is 5.02 Å². The second kappa shape index (κ2) is 5.54. The van der Waals surface area contributed by atoms with Crippen LogP contribution in [0.1, 0.15) is 16.5 Å². The molecule has 1 aromatic carbocycles. The van der Waals surface area contributed by atoms with Crippen LogP contribution >= 0.6 is 50.5 Å². The minimum Gasteiger partial charge on any atom is -0.152 e. The first-order chi connectivity index (χ1) is 7.65. The number of halogens is 3. The van der Waals surface area contributed by atoms with Crippen LogP contribution in [-0.4, -0.2) is 0 Å². The lowest BCUT2D eigenvalue weighted by atomic mass is 10.1. The zero-order chi connectivity index (χ0) is 11.5. The topological polar surface area (TPSA) is 0 Å². The lowest BCUT2D eigenvalue weighted by molar-refractivity contribution is 0.924. The molecular weight excluding hydrogens is 327 g/mol. The molecule has 1 aromatic heterocycles. The quantitative estimate of drug-likeness (QED) is 0.632. The van der Waals surface area contributed by atoms with Crippen molar-refractivity contribution in [3.05, 3.63) is 55.6 Å². The van der Waals surface area contributed by atoms with E-state index in [0.29, 0.717) is 5.02 Å². The largest absolute Gasteiger partial charge is 0.152 e. The molecule has 0 aliphatic rings. The number of rotatable bonds is 3. The molecule has 0 fully saturated rings. The van der Waals surface area contributed by atoms with Crippen LogP contribution in [0.15, 0.2) is 39.5 Å². The normalized spacial score (nSPS) is 12.7. The van der Waals surface area contributed by atoms with Gasteiger partial charge in [-0.3, -0.25) is 0 Å². The zero-order valence-corrected chi connectivity index (χ0v) is 12.2. The van der Waals surface area contributed by atoms with Gasteiger partial charge >= 0.3 is 0 Å². The molecule has 1 atom stereocenters. The maximum Gasteiger partial charge on any atom is 0.0626 e. The van der Waals surface area contributed by atoms with E-state index < -0.39 is 0 Å². The number of alkyl halides is 1. The summed E-state index contributed by atoms with van der Waals surface area (Å²) in [5.41, 5.74) is 2.31. The van der Waals surface area contributed by atoms with E-state index in [1.807, 2.05) is 18.2 Å². The van der Waals surface area contributed by atoms with E-state index in [9.17, 15) is 0 Å². The van der Waals surface area contributed by atoms with Gasteiger partial charge in [0.25, 0.3) is 0 Å². The van der Waals surface area contributed by atoms with Crippen LogP contribution in [0.3, 0.4) is 0 Å². The van der Waals surface area contributed by atoms with Crippen LogP contribution < -0.4 is 0 Å². The average molecular weight is 336 g/mol. The molecule has 0 saturated carbocycles. The fourth-order valence-electron chi connectivity index (χ4n) is 1.49. The molecule has 2 rings (SSSR count). The van der Waals surface area contributed by atoms with E-state index in [4.69, 9.17) is 23.2 Å². The summed E-state index contributed by atoms with van der Waals surface area (Å²) in [6, 6.07) is 7.88. The molecule has 0 amide bonds. The van der Waals surface area contributed by atoms with Crippen molar-refractivity contribution in [3.8, 4) is 0 Å². The van der Waals surface area contributed by atoms with Crippen molar-refractivity contribution in [3.63, 3.8) is 0 Å². The smallest absolute Gasteiger partial charge is 0.0626 e. The molecule has 84 valence electrons. The molecule has 16 heavy (non-hydrogen) atoms. The van der Waals surface area contributed by atoms with Gasteiger partial charge in [-0.2, -0.15) is 11.3 Å². The highest BCUT2D eigenvalue weighted by Gasteiger charge is 2.10. The summed E-state index contributed by atoms with van der Waals surface area (Å²) in [4.78, 5) is 0. The summed E-state index contributed by atoms with van der Waals surface area (Å²) in [7, 11) is 0. The number of hydrogen-bond donors (Lipinski definition) is 0. The van der Waals surface area contributed by atoms with Crippen molar-refractivity contribution >= 4 is 50.5 Å². The van der Waals surface area contributed by atoms with Crippen LogP contribution in [-0.2, 0) is 6.42 Å². The number of hydrogen-bond acceptors (Lipinski definition) is 1. The Bertz CT molecular complexity index is 448. The van der Waals surface area contributed by atoms with Crippen molar-refractivity contribution in [2.75, 3.05) is 0 Å². The minimum atomic E-state index is -0.0374. The van der Waals surface area contributed by atoms with Gasteiger partial charge in [0, 0.05) is 9.50 Å². The van der Waals surface area contributed by atoms with Gasteiger partial charge < -0.3 is 0 Å². The van der Waals surface area contributed by atoms with Crippen LogP contribution in [0.5, 0.6) is 0 Å². The highest BCUT2D eigenvalue weighted by atomic mass is 79.9. The second-order valence-corrected chi connectivity index (χ2v) is 6.17. The lowest BCUT2D eigenvalue weighted by Gasteiger charge is -2.09. The Morgan fingerprint density at radius 2 is 2.12 bits per heavy atom. The fraction of sp³-hybridized carbons (Fsp3) is 0.167. The fourth-order valence-corrected chi connectivity index (χ4v) is 3.36. The molecule has 0 spiro atoms. The Kier molecular flexibility index (Phi) is 4.31. The lowest BCUT2D eigenvalue weighted by Crippen LogP contribution is -1.94. The van der Waals surface area contributed by atoms with Crippen molar-refractivity contribution in [2.45, 2.75) is 11.8 Å². The Labute approximate surface area is 117 Å². The minimum absolute atomic E-state index is 0.0374. The van der Waals surface area contributed by atoms with Gasteiger partial charge in [-0.25, -0.2) is 0 Å². The maximum atomic E-state index is 6.37. The molecule has 0 saturated heterocycles. The van der Waals surface area contributed by atoms with Crippen molar-refractivity contribution < 1.29 is 0 Å². The first kappa shape index (κ1) is 12.4.